The predicted molar refractivity (Wildman–Crippen MR) is 128 cm³/mol. The number of benzene rings is 2. The van der Waals surface area contributed by atoms with Crippen molar-refractivity contribution in [2.75, 3.05) is 13.1 Å². The molecule has 1 aliphatic heterocycles. The number of nitrogens with zero attached hydrogens (tertiary/aromatic N) is 6. The molecule has 1 unspecified atom stereocenters. The molecule has 1 fully saturated rings. The van der Waals surface area contributed by atoms with Crippen molar-refractivity contribution in [2.45, 2.75) is 31.7 Å². The molecule has 3 heterocycles. The largest absolute Gasteiger partial charge is 0.350 e. The average Bonchev–Trinajstić information content (AvgIpc) is 3.18. The Morgan fingerprint density at radius 1 is 1.06 bits per heavy atom. The van der Waals surface area contributed by atoms with E-state index < -0.39 is 0 Å². The number of hydrogen-bond donors (Lipinski definition) is 0. The lowest BCUT2D eigenvalue weighted by Gasteiger charge is -2.32. The molecule has 0 aliphatic carbocycles. The van der Waals surface area contributed by atoms with Crippen LogP contribution in [-0.2, 0) is 18.4 Å². The first-order valence-corrected chi connectivity index (χ1v) is 11.5. The van der Waals surface area contributed by atoms with E-state index in [0.717, 1.165) is 18.5 Å². The molecule has 1 atom stereocenters. The lowest BCUT2D eigenvalue weighted by molar-refractivity contribution is -0.132. The Bertz CT molecular complexity index is 1450. The average molecular weight is 459 g/mol. The molecule has 1 saturated heterocycles. The van der Waals surface area contributed by atoms with Gasteiger partial charge in [-0.15, -0.1) is 0 Å². The number of likely N-dealkylation sites (tertiary alicyclic amines) is 1. The van der Waals surface area contributed by atoms with Gasteiger partial charge in [0, 0.05) is 39.0 Å². The van der Waals surface area contributed by atoms with Gasteiger partial charge in [-0.25, -0.2) is 19.0 Å². The highest BCUT2D eigenvalue weighted by Crippen LogP contribution is 2.27. The molecule has 0 radical (unpaired) electrons. The van der Waals surface area contributed by atoms with Crippen molar-refractivity contribution in [3.05, 3.63) is 87.6 Å². The van der Waals surface area contributed by atoms with Crippen LogP contribution in [0.1, 0.15) is 31.0 Å². The van der Waals surface area contributed by atoms with E-state index in [0.29, 0.717) is 29.8 Å². The predicted octanol–water partition coefficient (Wildman–Crippen LogP) is 2.08. The second-order valence-corrected chi connectivity index (χ2v) is 8.62. The van der Waals surface area contributed by atoms with Crippen LogP contribution in [0.4, 0.5) is 0 Å². The third-order valence-electron chi connectivity index (χ3n) is 6.40. The van der Waals surface area contributed by atoms with Gasteiger partial charge in [0.25, 0.3) is 5.56 Å². The van der Waals surface area contributed by atoms with Crippen LogP contribution in [-0.4, -0.2) is 47.8 Å². The molecule has 1 amide bonds. The molecular weight excluding hydrogens is 432 g/mol. The summed E-state index contributed by atoms with van der Waals surface area (Å²) in [6.45, 7) is 1.42. The van der Waals surface area contributed by atoms with Crippen molar-refractivity contribution in [2.24, 2.45) is 7.05 Å². The van der Waals surface area contributed by atoms with Crippen LogP contribution in [0.3, 0.4) is 0 Å². The number of carbonyl (C=O) groups is 1. The summed E-state index contributed by atoms with van der Waals surface area (Å²) in [5.41, 5.74) is 1.07. The first-order valence-electron chi connectivity index (χ1n) is 11.5. The smallest absolute Gasteiger partial charge is 0.342 e. The zero-order chi connectivity index (χ0) is 23.7. The quantitative estimate of drug-likeness (QED) is 0.456. The summed E-state index contributed by atoms with van der Waals surface area (Å²) < 4.78 is 4.48. The molecule has 174 valence electrons. The fourth-order valence-electron chi connectivity index (χ4n) is 4.62. The maximum absolute atomic E-state index is 13.0. The number of aromatic nitrogens is 5. The number of carbonyl (C=O) groups excluding carboxylic acids is 1. The lowest BCUT2D eigenvalue weighted by atomic mass is 9.96. The van der Waals surface area contributed by atoms with Crippen molar-refractivity contribution in [3.8, 4) is 5.69 Å². The van der Waals surface area contributed by atoms with E-state index in [1.54, 1.807) is 29.8 Å². The summed E-state index contributed by atoms with van der Waals surface area (Å²) in [5.74, 6) is 0.609. The summed E-state index contributed by atoms with van der Waals surface area (Å²) in [7, 11) is 1.65. The molecule has 9 nitrogen and oxygen atoms in total. The third-order valence-corrected chi connectivity index (χ3v) is 6.40. The van der Waals surface area contributed by atoms with Gasteiger partial charge in [0.1, 0.15) is 5.82 Å². The Hall–Kier alpha value is -4.01. The third kappa shape index (κ3) is 4.05. The van der Waals surface area contributed by atoms with Gasteiger partial charge in [-0.05, 0) is 37.1 Å². The van der Waals surface area contributed by atoms with E-state index in [-0.39, 0.29) is 36.0 Å². The summed E-state index contributed by atoms with van der Waals surface area (Å²) >= 11 is 0. The van der Waals surface area contributed by atoms with Gasteiger partial charge in [0.05, 0.1) is 22.9 Å². The van der Waals surface area contributed by atoms with Gasteiger partial charge in [-0.1, -0.05) is 30.3 Å². The summed E-state index contributed by atoms with van der Waals surface area (Å²) in [4.78, 5) is 44.7. The van der Waals surface area contributed by atoms with E-state index in [2.05, 4.69) is 10.1 Å². The monoisotopic (exact) mass is 458 g/mol. The minimum atomic E-state index is -0.201. The molecule has 5 rings (SSSR count). The number of amides is 1. The second kappa shape index (κ2) is 9.09. The second-order valence-electron chi connectivity index (χ2n) is 8.62. The van der Waals surface area contributed by atoms with Crippen molar-refractivity contribution in [1.82, 2.24) is 28.8 Å². The molecule has 0 spiro atoms. The molecule has 2 aromatic carbocycles. The first-order chi connectivity index (χ1) is 16.5. The molecule has 4 aromatic rings. The van der Waals surface area contributed by atoms with E-state index in [4.69, 9.17) is 0 Å². The van der Waals surface area contributed by atoms with Crippen LogP contribution in [0, 0.1) is 0 Å². The van der Waals surface area contributed by atoms with E-state index in [9.17, 15) is 14.4 Å². The molecule has 1 aliphatic rings. The number of fused-ring (bicyclic) bond motifs is 1. The van der Waals surface area contributed by atoms with Crippen molar-refractivity contribution < 1.29 is 4.79 Å². The van der Waals surface area contributed by atoms with Gasteiger partial charge in [0.15, 0.2) is 0 Å². The standard InChI is InChI=1S/C25H26N6O3/c1-28-25(34)31(19-9-3-2-4-10-19)23(27-28)18-8-7-14-29(16-18)22(32)13-15-30-17-26-21-12-6-5-11-20(21)24(30)33/h2-6,9-12,17-18H,7-8,13-16H2,1H3. The maximum Gasteiger partial charge on any atom is 0.350 e. The Kier molecular flexibility index (Phi) is 5.83. The van der Waals surface area contributed by atoms with Crippen LogP contribution in [0.25, 0.3) is 16.6 Å². The molecule has 0 saturated carbocycles. The van der Waals surface area contributed by atoms with Crippen molar-refractivity contribution in [1.29, 1.82) is 0 Å². The number of piperidine rings is 1. The lowest BCUT2D eigenvalue weighted by Crippen LogP contribution is -2.40. The Balaban J connectivity index is 1.32. The highest BCUT2D eigenvalue weighted by Gasteiger charge is 2.29. The van der Waals surface area contributed by atoms with Crippen molar-refractivity contribution >= 4 is 16.8 Å². The van der Waals surface area contributed by atoms with E-state index in [1.807, 2.05) is 41.3 Å². The zero-order valence-electron chi connectivity index (χ0n) is 19.0. The SMILES string of the molecule is Cn1nc(C2CCCN(C(=O)CCn3cnc4ccccc4c3=O)C2)n(-c2ccccc2)c1=O. The van der Waals surface area contributed by atoms with Crippen LogP contribution in [0.5, 0.6) is 0 Å². The molecule has 0 N–H and O–H groups in total. The molecule has 0 bridgehead atoms. The highest BCUT2D eigenvalue weighted by atomic mass is 16.2. The minimum Gasteiger partial charge on any atom is -0.342 e. The number of para-hydroxylation sites is 2. The molecular formula is C25H26N6O3. The van der Waals surface area contributed by atoms with Gasteiger partial charge in [-0.2, -0.15) is 5.10 Å². The fourth-order valence-corrected chi connectivity index (χ4v) is 4.62. The Morgan fingerprint density at radius 2 is 1.82 bits per heavy atom. The highest BCUT2D eigenvalue weighted by molar-refractivity contribution is 5.77. The van der Waals surface area contributed by atoms with Crippen LogP contribution in [0.15, 0.2) is 70.5 Å². The topological polar surface area (TPSA) is 95.0 Å². The Labute approximate surface area is 195 Å². The van der Waals surface area contributed by atoms with Crippen LogP contribution < -0.4 is 11.2 Å². The number of aryl methyl sites for hydroxylation is 2. The van der Waals surface area contributed by atoms with Gasteiger partial charge < -0.3 is 4.90 Å². The van der Waals surface area contributed by atoms with E-state index in [1.165, 1.54) is 15.6 Å². The van der Waals surface area contributed by atoms with Gasteiger partial charge in [0.2, 0.25) is 5.91 Å². The van der Waals surface area contributed by atoms with Crippen LogP contribution >= 0.6 is 0 Å². The summed E-state index contributed by atoms with van der Waals surface area (Å²) in [6, 6.07) is 16.6. The molecule has 34 heavy (non-hydrogen) atoms. The molecule has 2 aromatic heterocycles. The van der Waals surface area contributed by atoms with Crippen molar-refractivity contribution in [3.63, 3.8) is 0 Å². The number of hydrogen-bond acceptors (Lipinski definition) is 5. The van der Waals surface area contributed by atoms with Crippen LogP contribution in [0.2, 0.25) is 0 Å². The normalized spacial score (nSPS) is 16.1. The van der Waals surface area contributed by atoms with Gasteiger partial charge >= 0.3 is 5.69 Å². The van der Waals surface area contributed by atoms with E-state index >= 15 is 0 Å². The van der Waals surface area contributed by atoms with Gasteiger partial charge in [-0.3, -0.25) is 14.2 Å². The fraction of sp³-hybridized carbons (Fsp3) is 0.320. The molecule has 9 heteroatoms. The maximum atomic E-state index is 13.0. The number of rotatable bonds is 5. The first kappa shape index (κ1) is 21.8. The zero-order valence-corrected chi connectivity index (χ0v) is 19.0. The minimum absolute atomic E-state index is 0.0192. The summed E-state index contributed by atoms with van der Waals surface area (Å²) in [6.07, 6.45) is 3.39. The Morgan fingerprint density at radius 3 is 2.65 bits per heavy atom. The summed E-state index contributed by atoms with van der Waals surface area (Å²) in [5, 5.41) is 5.06.